The number of para-hydroxylation sites is 1. The molecule has 7 heteroatoms. The molecule has 1 aliphatic heterocycles. The zero-order chi connectivity index (χ0) is 28.5. The summed E-state index contributed by atoms with van der Waals surface area (Å²) in [6.07, 6.45) is 2.12. The van der Waals surface area contributed by atoms with Crippen LogP contribution in [0.4, 0.5) is 5.69 Å². The van der Waals surface area contributed by atoms with E-state index in [2.05, 4.69) is 87.5 Å². The van der Waals surface area contributed by atoms with Crippen molar-refractivity contribution in [1.82, 2.24) is 19.8 Å². The number of anilines is 1. The lowest BCUT2D eigenvalue weighted by atomic mass is 9.96. The fourth-order valence-corrected chi connectivity index (χ4v) is 6.33. The van der Waals surface area contributed by atoms with Crippen molar-refractivity contribution in [1.29, 1.82) is 0 Å². The molecule has 0 aliphatic carbocycles. The Morgan fingerprint density at radius 3 is 2.51 bits per heavy atom. The van der Waals surface area contributed by atoms with Gasteiger partial charge in [-0.3, -0.25) is 9.78 Å². The van der Waals surface area contributed by atoms with E-state index >= 15 is 0 Å². The maximum Gasteiger partial charge on any atom is 0.226 e. The second kappa shape index (κ2) is 11.2. The zero-order valence-corrected chi connectivity index (χ0v) is 24.3. The Hall–Kier alpha value is -4.49. The van der Waals surface area contributed by atoms with Crippen LogP contribution >= 0.6 is 12.2 Å². The predicted octanol–water partition coefficient (Wildman–Crippen LogP) is 6.95. The van der Waals surface area contributed by atoms with Crippen LogP contribution in [0.3, 0.4) is 0 Å². The van der Waals surface area contributed by atoms with Gasteiger partial charge in [-0.25, -0.2) is 0 Å². The van der Waals surface area contributed by atoms with E-state index in [1.165, 1.54) is 10.8 Å². The first kappa shape index (κ1) is 26.7. The molecule has 41 heavy (non-hydrogen) atoms. The van der Waals surface area contributed by atoms with Gasteiger partial charge < -0.3 is 20.1 Å². The molecule has 1 amide bonds. The molecule has 6 nitrogen and oxygen atoms in total. The highest BCUT2D eigenvalue weighted by Crippen LogP contribution is 2.42. The average Bonchev–Trinajstić information content (AvgIpc) is 3.47. The summed E-state index contributed by atoms with van der Waals surface area (Å²) in [7, 11) is 0. The number of benzene rings is 3. The second-order valence-electron chi connectivity index (χ2n) is 10.6. The minimum absolute atomic E-state index is 0.0386. The Labute approximate surface area is 246 Å². The zero-order valence-electron chi connectivity index (χ0n) is 23.5. The van der Waals surface area contributed by atoms with Crippen LogP contribution in [0.1, 0.15) is 46.7 Å². The van der Waals surface area contributed by atoms with Crippen LogP contribution in [0, 0.1) is 20.8 Å². The first-order valence-corrected chi connectivity index (χ1v) is 14.3. The summed E-state index contributed by atoms with van der Waals surface area (Å²) < 4.78 is 2.33. The van der Waals surface area contributed by atoms with E-state index in [0.717, 1.165) is 39.6 Å². The lowest BCUT2D eigenvalue weighted by Gasteiger charge is -2.28. The van der Waals surface area contributed by atoms with Crippen molar-refractivity contribution in [2.75, 3.05) is 11.9 Å². The van der Waals surface area contributed by atoms with E-state index in [1.807, 2.05) is 55.6 Å². The largest absolute Gasteiger partial charge is 0.352 e. The summed E-state index contributed by atoms with van der Waals surface area (Å²) in [4.78, 5) is 19.9. The van der Waals surface area contributed by atoms with E-state index in [-0.39, 0.29) is 18.0 Å². The predicted molar refractivity (Wildman–Crippen MR) is 169 cm³/mol. The third-order valence-corrected chi connectivity index (χ3v) is 8.35. The van der Waals surface area contributed by atoms with E-state index in [9.17, 15) is 4.79 Å². The Kier molecular flexibility index (Phi) is 7.28. The molecular weight excluding hydrogens is 526 g/mol. The minimum Gasteiger partial charge on any atom is -0.352 e. The van der Waals surface area contributed by atoms with Crippen molar-refractivity contribution in [2.45, 2.75) is 39.3 Å². The second-order valence-corrected chi connectivity index (χ2v) is 11.0. The van der Waals surface area contributed by atoms with Crippen LogP contribution in [0.25, 0.3) is 16.5 Å². The van der Waals surface area contributed by atoms with Crippen molar-refractivity contribution < 1.29 is 4.79 Å². The fourth-order valence-electron chi connectivity index (χ4n) is 5.99. The molecule has 0 radical (unpaired) electrons. The normalized spacial score (nSPS) is 16.7. The van der Waals surface area contributed by atoms with Gasteiger partial charge in [0.25, 0.3) is 0 Å². The number of hydrogen-bond acceptors (Lipinski definition) is 3. The summed E-state index contributed by atoms with van der Waals surface area (Å²) in [5.41, 5.74) is 7.39. The third kappa shape index (κ3) is 5.09. The minimum atomic E-state index is -0.149. The number of hydrogen-bond donors (Lipinski definition) is 2. The highest BCUT2D eigenvalue weighted by molar-refractivity contribution is 7.80. The molecule has 3 aromatic carbocycles. The molecule has 1 saturated heterocycles. The molecule has 206 valence electrons. The number of aromatic nitrogens is 2. The summed E-state index contributed by atoms with van der Waals surface area (Å²) in [6, 6.07) is 30.7. The summed E-state index contributed by atoms with van der Waals surface area (Å²) in [5, 5.41) is 9.63. The Morgan fingerprint density at radius 1 is 0.951 bits per heavy atom. The van der Waals surface area contributed by atoms with E-state index in [1.54, 1.807) is 0 Å². The highest BCUT2D eigenvalue weighted by Gasteiger charge is 2.41. The van der Waals surface area contributed by atoms with Crippen molar-refractivity contribution in [2.24, 2.45) is 0 Å². The van der Waals surface area contributed by atoms with Gasteiger partial charge in [0.1, 0.15) is 0 Å². The molecule has 5 aromatic rings. The molecule has 2 atom stereocenters. The third-order valence-electron chi connectivity index (χ3n) is 7.99. The Bertz CT molecular complexity index is 1740. The van der Waals surface area contributed by atoms with Crippen LogP contribution in [0.2, 0.25) is 0 Å². The molecule has 1 aliphatic rings. The van der Waals surface area contributed by atoms with E-state index in [0.29, 0.717) is 18.1 Å². The number of fused-ring (bicyclic) bond motifs is 1. The van der Waals surface area contributed by atoms with Crippen molar-refractivity contribution >= 4 is 39.7 Å². The molecule has 6 rings (SSSR count). The van der Waals surface area contributed by atoms with Crippen molar-refractivity contribution in [3.63, 3.8) is 0 Å². The Balaban J connectivity index is 1.37. The number of nitrogens with one attached hydrogen (secondary N) is 2. The number of pyridine rings is 1. The lowest BCUT2D eigenvalue weighted by Crippen LogP contribution is -2.33. The van der Waals surface area contributed by atoms with Gasteiger partial charge in [0.2, 0.25) is 5.91 Å². The quantitative estimate of drug-likeness (QED) is 0.211. The molecule has 3 heterocycles. The van der Waals surface area contributed by atoms with Gasteiger partial charge in [-0.15, -0.1) is 0 Å². The van der Waals surface area contributed by atoms with Crippen molar-refractivity contribution in [3.05, 3.63) is 125 Å². The Morgan fingerprint density at radius 2 is 1.71 bits per heavy atom. The molecule has 0 spiro atoms. The van der Waals surface area contributed by atoms with Gasteiger partial charge in [0.05, 0.1) is 23.5 Å². The number of thiocarbonyl (C=S) groups is 1. The van der Waals surface area contributed by atoms with Crippen LogP contribution < -0.4 is 10.6 Å². The number of aryl methyl sites for hydroxylation is 2. The SMILES string of the molecule is Cc1ccccc1NC(=O)CCN1C(=S)NC(c2ccccn2)C1c1cc(C)n(-c2cccc3ccccc23)c1C. The molecule has 2 unspecified atom stereocenters. The number of carbonyl (C=O) groups is 1. The molecule has 0 bridgehead atoms. The standard InChI is InChI=1S/C34H33N5OS/c1-22-11-4-7-15-28(22)36-31(40)18-20-38-33(32(37-34(38)41)29-16-8-9-19-35-29)27-21-23(2)39(24(27)3)30-17-10-13-25-12-5-6-14-26(25)30/h4-17,19,21,32-33H,18,20H2,1-3H3,(H,36,40)(H,37,41). The topological polar surface area (TPSA) is 62.2 Å². The maximum absolute atomic E-state index is 13.0. The van der Waals surface area contributed by atoms with Gasteiger partial charge in [-0.05, 0) is 79.8 Å². The van der Waals surface area contributed by atoms with Gasteiger partial charge in [-0.2, -0.15) is 0 Å². The molecular formula is C34H33N5OS. The molecule has 1 fully saturated rings. The van der Waals surface area contributed by atoms with Gasteiger partial charge in [0.15, 0.2) is 5.11 Å². The van der Waals surface area contributed by atoms with Crippen LogP contribution in [0.5, 0.6) is 0 Å². The maximum atomic E-state index is 13.0. The number of rotatable bonds is 7. The number of carbonyl (C=O) groups excluding carboxylic acids is 1. The molecule has 0 saturated carbocycles. The smallest absolute Gasteiger partial charge is 0.226 e. The average molecular weight is 560 g/mol. The van der Waals surface area contributed by atoms with Gasteiger partial charge in [-0.1, -0.05) is 60.7 Å². The van der Waals surface area contributed by atoms with Crippen LogP contribution in [-0.2, 0) is 4.79 Å². The number of amides is 1. The first-order chi connectivity index (χ1) is 19.9. The van der Waals surface area contributed by atoms with Gasteiger partial charge >= 0.3 is 0 Å². The van der Waals surface area contributed by atoms with Crippen LogP contribution in [0.15, 0.2) is 97.2 Å². The first-order valence-electron chi connectivity index (χ1n) is 13.9. The number of nitrogens with zero attached hydrogens (tertiary/aromatic N) is 3. The highest BCUT2D eigenvalue weighted by atomic mass is 32.1. The molecule has 2 N–H and O–H groups in total. The summed E-state index contributed by atoms with van der Waals surface area (Å²) in [6.45, 7) is 6.79. The summed E-state index contributed by atoms with van der Waals surface area (Å²) >= 11 is 5.89. The molecule has 2 aromatic heterocycles. The van der Waals surface area contributed by atoms with Crippen LogP contribution in [-0.4, -0.2) is 32.0 Å². The van der Waals surface area contributed by atoms with E-state index < -0.39 is 0 Å². The lowest BCUT2D eigenvalue weighted by molar-refractivity contribution is -0.116. The fraction of sp³-hybridized carbons (Fsp3) is 0.206. The van der Waals surface area contributed by atoms with Gasteiger partial charge in [0, 0.05) is 41.6 Å². The van der Waals surface area contributed by atoms with Crippen molar-refractivity contribution in [3.8, 4) is 5.69 Å². The van der Waals surface area contributed by atoms with E-state index in [4.69, 9.17) is 12.2 Å². The summed E-state index contributed by atoms with van der Waals surface area (Å²) in [5.74, 6) is -0.0386. The monoisotopic (exact) mass is 559 g/mol.